The van der Waals surface area contributed by atoms with Crippen molar-refractivity contribution in [2.45, 2.75) is 5.03 Å². The summed E-state index contributed by atoms with van der Waals surface area (Å²) in [6.45, 7) is 0.0717. The summed E-state index contributed by atoms with van der Waals surface area (Å²) in [7, 11) is 1.28. The normalized spacial score (nSPS) is 9.86. The third-order valence-electron chi connectivity index (χ3n) is 1.34. The molecule has 14 heavy (non-hydrogen) atoms. The largest absolute Gasteiger partial charge is 0.463 e. The summed E-state index contributed by atoms with van der Waals surface area (Å²) >= 11 is 1.35. The zero-order valence-electron chi connectivity index (χ0n) is 7.64. The van der Waals surface area contributed by atoms with Gasteiger partial charge in [0, 0.05) is 11.9 Å². The van der Waals surface area contributed by atoms with Crippen LogP contribution < -0.4 is 0 Å². The number of hydrogen-bond acceptors (Lipinski definition) is 6. The number of rotatable bonds is 4. The molecule has 76 valence electrons. The highest BCUT2D eigenvalue weighted by Gasteiger charge is 2.09. The summed E-state index contributed by atoms with van der Waals surface area (Å²) in [6, 6.07) is 1.67. The van der Waals surface area contributed by atoms with Crippen LogP contribution in [0.3, 0.4) is 0 Å². The number of ether oxygens (including phenoxy) is 1. The lowest BCUT2D eigenvalue weighted by atomic mass is 10.5. The molecule has 0 fully saturated rings. The van der Waals surface area contributed by atoms with Crippen LogP contribution in [0.1, 0.15) is 10.6 Å². The van der Waals surface area contributed by atoms with Crippen molar-refractivity contribution in [3.63, 3.8) is 0 Å². The summed E-state index contributed by atoms with van der Waals surface area (Å²) in [4.78, 5) is 18.7. The van der Waals surface area contributed by atoms with Crippen LogP contribution in [-0.4, -0.2) is 40.5 Å². The van der Waals surface area contributed by atoms with Gasteiger partial charge in [-0.3, -0.25) is 0 Å². The molecule has 0 atom stereocenters. The van der Waals surface area contributed by atoms with Crippen LogP contribution >= 0.6 is 11.8 Å². The van der Waals surface area contributed by atoms with Gasteiger partial charge in [0.2, 0.25) is 5.82 Å². The van der Waals surface area contributed by atoms with Gasteiger partial charge in [-0.2, -0.15) is 0 Å². The van der Waals surface area contributed by atoms with Gasteiger partial charge in [-0.15, -0.1) is 11.8 Å². The van der Waals surface area contributed by atoms with Crippen LogP contribution in [0.2, 0.25) is 0 Å². The van der Waals surface area contributed by atoms with Crippen molar-refractivity contribution in [1.82, 2.24) is 9.97 Å². The predicted octanol–water partition coefficient (Wildman–Crippen LogP) is 0.348. The van der Waals surface area contributed by atoms with Gasteiger partial charge < -0.3 is 9.84 Å². The fraction of sp³-hybridized carbons (Fsp3) is 0.375. The van der Waals surface area contributed by atoms with Gasteiger partial charge in [0.15, 0.2) is 0 Å². The molecule has 1 aromatic rings. The van der Waals surface area contributed by atoms with Crippen molar-refractivity contribution < 1.29 is 14.6 Å². The quantitative estimate of drug-likeness (QED) is 0.443. The first-order valence-electron chi connectivity index (χ1n) is 3.93. The van der Waals surface area contributed by atoms with Crippen LogP contribution in [0.5, 0.6) is 0 Å². The maximum Gasteiger partial charge on any atom is 0.376 e. The van der Waals surface area contributed by atoms with E-state index >= 15 is 0 Å². The highest BCUT2D eigenvalue weighted by molar-refractivity contribution is 7.99. The third kappa shape index (κ3) is 2.97. The van der Waals surface area contributed by atoms with Crippen molar-refractivity contribution in [1.29, 1.82) is 0 Å². The predicted molar refractivity (Wildman–Crippen MR) is 51.2 cm³/mol. The molecule has 0 aliphatic rings. The number of carbonyl (C=O) groups excluding carboxylic acids is 1. The molecule has 5 nitrogen and oxygen atoms in total. The molecule has 1 heterocycles. The maximum absolute atomic E-state index is 11.0. The number of nitrogens with zero attached hydrogens (tertiary/aromatic N) is 2. The first-order chi connectivity index (χ1) is 6.77. The Hall–Kier alpha value is -1.14. The average Bonchev–Trinajstić information content (AvgIpc) is 2.25. The average molecular weight is 214 g/mol. The van der Waals surface area contributed by atoms with Crippen LogP contribution in [0.25, 0.3) is 0 Å². The van der Waals surface area contributed by atoms with E-state index in [1.807, 2.05) is 0 Å². The van der Waals surface area contributed by atoms with E-state index in [9.17, 15) is 4.79 Å². The number of carbonyl (C=O) groups is 1. The standard InChI is InChI=1S/C8H10N2O3S/c1-13-8(12)7-9-3-2-6(10-7)14-5-4-11/h2-3,11H,4-5H2,1H3. The monoisotopic (exact) mass is 214 g/mol. The first-order valence-corrected chi connectivity index (χ1v) is 4.91. The lowest BCUT2D eigenvalue weighted by Gasteiger charge is -2.00. The Balaban J connectivity index is 2.73. The van der Waals surface area contributed by atoms with Gasteiger partial charge in [0.1, 0.15) is 5.03 Å². The van der Waals surface area contributed by atoms with Crippen molar-refractivity contribution in [3.05, 3.63) is 18.1 Å². The molecule has 0 bridgehead atoms. The lowest BCUT2D eigenvalue weighted by molar-refractivity contribution is 0.0585. The van der Waals surface area contributed by atoms with Gasteiger partial charge in [0.25, 0.3) is 0 Å². The first kappa shape index (κ1) is 10.9. The van der Waals surface area contributed by atoms with E-state index in [0.717, 1.165) is 0 Å². The third-order valence-corrected chi connectivity index (χ3v) is 2.25. The van der Waals surface area contributed by atoms with Gasteiger partial charge in [-0.05, 0) is 6.07 Å². The second kappa shape index (κ2) is 5.56. The Kier molecular flexibility index (Phi) is 4.34. The zero-order chi connectivity index (χ0) is 10.4. The van der Waals surface area contributed by atoms with Crippen LogP contribution in [0, 0.1) is 0 Å². The number of aliphatic hydroxyl groups excluding tert-OH is 1. The van der Waals surface area contributed by atoms with Crippen LogP contribution in [0.4, 0.5) is 0 Å². The van der Waals surface area contributed by atoms with E-state index in [0.29, 0.717) is 10.8 Å². The topological polar surface area (TPSA) is 72.3 Å². The van der Waals surface area contributed by atoms with E-state index in [4.69, 9.17) is 5.11 Å². The zero-order valence-corrected chi connectivity index (χ0v) is 8.45. The molecule has 6 heteroatoms. The molecule has 0 amide bonds. The van der Waals surface area contributed by atoms with Crippen LogP contribution in [-0.2, 0) is 4.74 Å². The minimum atomic E-state index is -0.559. The van der Waals surface area contributed by atoms with E-state index in [1.54, 1.807) is 6.07 Å². The van der Waals surface area contributed by atoms with Crippen molar-refractivity contribution in [3.8, 4) is 0 Å². The Bertz CT molecular complexity index is 319. The van der Waals surface area contributed by atoms with Crippen molar-refractivity contribution in [2.75, 3.05) is 19.5 Å². The Morgan fingerprint density at radius 3 is 3.14 bits per heavy atom. The van der Waals surface area contributed by atoms with Crippen molar-refractivity contribution >= 4 is 17.7 Å². The maximum atomic E-state index is 11.0. The number of thioether (sulfide) groups is 1. The van der Waals surface area contributed by atoms with E-state index in [2.05, 4.69) is 14.7 Å². The molecule has 1 aromatic heterocycles. The van der Waals surface area contributed by atoms with Crippen molar-refractivity contribution in [2.24, 2.45) is 0 Å². The van der Waals surface area contributed by atoms with Gasteiger partial charge in [-0.25, -0.2) is 14.8 Å². The number of aliphatic hydroxyl groups is 1. The van der Waals surface area contributed by atoms with Gasteiger partial charge in [0.05, 0.1) is 13.7 Å². The molecule has 1 rings (SSSR count). The van der Waals surface area contributed by atoms with E-state index in [1.165, 1.54) is 25.1 Å². The Morgan fingerprint density at radius 2 is 2.50 bits per heavy atom. The molecular formula is C8H10N2O3S. The highest BCUT2D eigenvalue weighted by atomic mass is 32.2. The summed E-state index contributed by atoms with van der Waals surface area (Å²) in [6.07, 6.45) is 1.49. The number of hydrogen-bond donors (Lipinski definition) is 1. The Labute approximate surface area is 85.5 Å². The Morgan fingerprint density at radius 1 is 1.71 bits per heavy atom. The molecule has 0 saturated heterocycles. The molecule has 0 aromatic carbocycles. The fourth-order valence-corrected chi connectivity index (χ4v) is 1.37. The SMILES string of the molecule is COC(=O)c1nccc(SCCO)n1. The lowest BCUT2D eigenvalue weighted by Crippen LogP contribution is -2.07. The molecule has 0 radical (unpaired) electrons. The molecule has 0 saturated carbocycles. The van der Waals surface area contributed by atoms with Gasteiger partial charge in [-0.1, -0.05) is 0 Å². The number of esters is 1. The number of aromatic nitrogens is 2. The fourth-order valence-electron chi connectivity index (χ4n) is 0.762. The van der Waals surface area contributed by atoms with Crippen LogP contribution in [0.15, 0.2) is 17.3 Å². The minimum absolute atomic E-state index is 0.0374. The summed E-state index contributed by atoms with van der Waals surface area (Å²) < 4.78 is 4.47. The molecule has 0 spiro atoms. The van der Waals surface area contributed by atoms with Gasteiger partial charge >= 0.3 is 5.97 Å². The highest BCUT2D eigenvalue weighted by Crippen LogP contribution is 2.13. The molecule has 0 aliphatic carbocycles. The molecule has 0 aliphatic heterocycles. The number of methoxy groups -OCH3 is 1. The summed E-state index contributed by atoms with van der Waals surface area (Å²) in [5.74, 6) is 0.0179. The second-order valence-electron chi connectivity index (χ2n) is 2.28. The smallest absolute Gasteiger partial charge is 0.376 e. The molecule has 1 N–H and O–H groups in total. The van der Waals surface area contributed by atoms with E-state index in [-0.39, 0.29) is 12.4 Å². The second-order valence-corrected chi connectivity index (χ2v) is 3.40. The molecule has 0 unspecified atom stereocenters. The summed E-state index contributed by atoms with van der Waals surface area (Å²) in [5, 5.41) is 9.24. The van der Waals surface area contributed by atoms with E-state index < -0.39 is 5.97 Å². The molecular weight excluding hydrogens is 204 g/mol. The summed E-state index contributed by atoms with van der Waals surface area (Å²) in [5.41, 5.74) is 0. The minimum Gasteiger partial charge on any atom is -0.463 e.